The molecule has 0 radical (unpaired) electrons. The number of benzene rings is 3. The Labute approximate surface area is 211 Å². The van der Waals surface area contributed by atoms with Crippen LogP contribution in [0.15, 0.2) is 91.0 Å². The SMILES string of the molecule is C[SiH]1O[Si](C)(C)O[Si](C)(C)O[Si](C)(C)O1.c1ccc(P(c2ccccc2)c2ccccc2)cc1. The summed E-state index contributed by atoms with van der Waals surface area (Å²) in [5.41, 5.74) is 0. The van der Waals surface area contributed by atoms with Crippen LogP contribution in [0, 0.1) is 0 Å². The Morgan fingerprint density at radius 1 is 0.500 bits per heavy atom. The molecule has 0 aromatic heterocycles. The Bertz CT molecular complexity index is 905. The molecule has 1 aliphatic rings. The van der Waals surface area contributed by atoms with Crippen molar-refractivity contribution < 1.29 is 16.5 Å². The monoisotopic (exact) mass is 544 g/mol. The van der Waals surface area contributed by atoms with Gasteiger partial charge in [-0.25, -0.2) is 0 Å². The lowest BCUT2D eigenvalue weighted by atomic mass is 10.4. The Hall–Kier alpha value is -1.20. The topological polar surface area (TPSA) is 36.9 Å². The van der Waals surface area contributed by atoms with Crippen LogP contribution in [0.4, 0.5) is 0 Å². The first-order chi connectivity index (χ1) is 16.0. The van der Waals surface area contributed by atoms with Crippen LogP contribution in [0.25, 0.3) is 0 Å². The second-order valence-electron chi connectivity index (χ2n) is 9.55. The highest BCUT2D eigenvalue weighted by atomic mass is 31.1. The molecule has 0 unspecified atom stereocenters. The minimum atomic E-state index is -2.08. The number of hydrogen-bond donors (Lipinski definition) is 0. The van der Waals surface area contributed by atoms with Gasteiger partial charge in [0.2, 0.25) is 0 Å². The minimum absolute atomic E-state index is 0.446. The van der Waals surface area contributed by atoms with Crippen molar-refractivity contribution in [1.29, 1.82) is 0 Å². The summed E-state index contributed by atoms with van der Waals surface area (Å²) in [5.74, 6) is 0. The van der Waals surface area contributed by atoms with E-state index in [4.69, 9.17) is 16.5 Å². The highest BCUT2D eigenvalue weighted by Gasteiger charge is 2.46. The highest BCUT2D eigenvalue weighted by Crippen LogP contribution is 2.32. The van der Waals surface area contributed by atoms with Crippen LogP contribution in [-0.4, -0.2) is 35.0 Å². The van der Waals surface area contributed by atoms with Crippen molar-refractivity contribution in [3.63, 3.8) is 0 Å². The molecule has 0 atom stereocenters. The van der Waals surface area contributed by atoms with Crippen molar-refractivity contribution in [3.8, 4) is 0 Å². The van der Waals surface area contributed by atoms with Gasteiger partial charge in [0.05, 0.1) is 0 Å². The predicted octanol–water partition coefficient (Wildman–Crippen LogP) is 5.47. The van der Waals surface area contributed by atoms with Crippen LogP contribution in [0.3, 0.4) is 0 Å². The fourth-order valence-electron chi connectivity index (χ4n) is 4.25. The van der Waals surface area contributed by atoms with Gasteiger partial charge in [-0.2, -0.15) is 0 Å². The molecule has 182 valence electrons. The highest BCUT2D eigenvalue weighted by molar-refractivity contribution is 7.79. The van der Waals surface area contributed by atoms with E-state index in [0.717, 1.165) is 0 Å². The Kier molecular flexibility index (Phi) is 9.41. The maximum absolute atomic E-state index is 6.09. The van der Waals surface area contributed by atoms with E-state index in [2.05, 4.69) is 137 Å². The van der Waals surface area contributed by atoms with Gasteiger partial charge >= 0.3 is 35.0 Å². The van der Waals surface area contributed by atoms with Gasteiger partial charge in [0, 0.05) is 0 Å². The third-order valence-electron chi connectivity index (χ3n) is 4.93. The summed E-state index contributed by atoms with van der Waals surface area (Å²) in [4.78, 5) is 0. The van der Waals surface area contributed by atoms with Crippen molar-refractivity contribution in [1.82, 2.24) is 0 Å². The van der Waals surface area contributed by atoms with Gasteiger partial charge in [-0.05, 0) is 69.7 Å². The fraction of sp³-hybridized carbons (Fsp3) is 0.280. The summed E-state index contributed by atoms with van der Waals surface area (Å²) in [7, 11) is -8.18. The standard InChI is InChI=1S/C18H15P.C7H22O4Si4/c1-4-10-16(11-5-1)19(17-12-6-2-7-13-17)18-14-8-3-9-15-18;1-12-8-13(2,3)10-15(6,7)11-14(4,5)9-12/h1-15H;12H,1-7H3. The van der Waals surface area contributed by atoms with E-state index >= 15 is 0 Å². The molecular weight excluding hydrogens is 508 g/mol. The molecule has 0 aliphatic carbocycles. The second-order valence-corrected chi connectivity index (χ2v) is 24.8. The van der Waals surface area contributed by atoms with Crippen LogP contribution in [0.1, 0.15) is 0 Å². The average Bonchev–Trinajstić information content (AvgIpc) is 2.73. The normalized spacial score (nSPS) is 19.4. The molecule has 34 heavy (non-hydrogen) atoms. The van der Waals surface area contributed by atoms with Crippen LogP contribution in [0.2, 0.25) is 45.8 Å². The van der Waals surface area contributed by atoms with E-state index in [9.17, 15) is 0 Å². The molecule has 0 spiro atoms. The smallest absolute Gasteiger partial charge is 0.314 e. The molecule has 0 amide bonds. The van der Waals surface area contributed by atoms with Gasteiger partial charge < -0.3 is 16.5 Å². The molecule has 1 saturated heterocycles. The fourth-order valence-corrected chi connectivity index (χ4v) is 24.8. The minimum Gasteiger partial charge on any atom is -0.418 e. The molecule has 0 bridgehead atoms. The quantitative estimate of drug-likeness (QED) is 0.324. The summed E-state index contributed by atoms with van der Waals surface area (Å²) in [6, 6.07) is 32.3. The first kappa shape index (κ1) is 27.4. The largest absolute Gasteiger partial charge is 0.418 e. The van der Waals surface area contributed by atoms with Gasteiger partial charge in [0.25, 0.3) is 0 Å². The zero-order valence-electron chi connectivity index (χ0n) is 21.3. The van der Waals surface area contributed by atoms with Crippen molar-refractivity contribution >= 4 is 58.8 Å². The lowest BCUT2D eigenvalue weighted by Gasteiger charge is -2.43. The van der Waals surface area contributed by atoms with E-state index in [1.165, 1.54) is 15.9 Å². The van der Waals surface area contributed by atoms with Crippen LogP contribution in [-0.2, 0) is 16.5 Å². The first-order valence-corrected chi connectivity index (χ1v) is 23.6. The summed E-state index contributed by atoms with van der Waals surface area (Å²) < 4.78 is 24.1. The zero-order chi connectivity index (χ0) is 24.8. The van der Waals surface area contributed by atoms with Gasteiger partial charge in [-0.15, -0.1) is 0 Å². The second kappa shape index (κ2) is 11.7. The van der Waals surface area contributed by atoms with Crippen molar-refractivity contribution in [3.05, 3.63) is 91.0 Å². The maximum atomic E-state index is 6.09. The number of hydrogen-bond acceptors (Lipinski definition) is 4. The predicted molar refractivity (Wildman–Crippen MR) is 155 cm³/mol. The maximum Gasteiger partial charge on any atom is 0.314 e. The van der Waals surface area contributed by atoms with Crippen LogP contribution in [0.5, 0.6) is 0 Å². The Morgan fingerprint density at radius 2 is 0.794 bits per heavy atom. The van der Waals surface area contributed by atoms with Crippen molar-refractivity contribution in [2.45, 2.75) is 45.8 Å². The molecule has 1 aliphatic heterocycles. The first-order valence-electron chi connectivity index (χ1n) is 11.7. The number of rotatable bonds is 3. The molecule has 9 heteroatoms. The van der Waals surface area contributed by atoms with E-state index in [1.807, 2.05) is 0 Å². The molecule has 0 saturated carbocycles. The van der Waals surface area contributed by atoms with Crippen molar-refractivity contribution in [2.75, 3.05) is 0 Å². The summed E-state index contributed by atoms with van der Waals surface area (Å²) >= 11 is 0. The molecule has 3 aromatic carbocycles. The van der Waals surface area contributed by atoms with Gasteiger partial charge in [0.15, 0.2) is 0 Å². The average molecular weight is 545 g/mol. The van der Waals surface area contributed by atoms with Crippen molar-refractivity contribution in [2.24, 2.45) is 0 Å². The lowest BCUT2D eigenvalue weighted by Crippen LogP contribution is -2.60. The summed E-state index contributed by atoms with van der Waals surface area (Å²) in [6.07, 6.45) is 0. The van der Waals surface area contributed by atoms with E-state index in [1.54, 1.807) is 0 Å². The third kappa shape index (κ3) is 8.48. The van der Waals surface area contributed by atoms with Gasteiger partial charge in [-0.1, -0.05) is 91.0 Å². The Morgan fingerprint density at radius 3 is 1.09 bits per heavy atom. The Balaban J connectivity index is 0.000000197. The molecule has 4 nitrogen and oxygen atoms in total. The van der Waals surface area contributed by atoms with E-state index in [-0.39, 0.29) is 0 Å². The third-order valence-corrected chi connectivity index (χ3v) is 22.4. The molecule has 0 N–H and O–H groups in total. The zero-order valence-corrected chi connectivity index (χ0v) is 26.4. The van der Waals surface area contributed by atoms with E-state index in [0.29, 0.717) is 0 Å². The lowest BCUT2D eigenvalue weighted by molar-refractivity contribution is 0.251. The molecule has 1 fully saturated rings. The molecular formula is C25H37O4PSi4. The summed E-state index contributed by atoms with van der Waals surface area (Å²) in [5, 5.41) is 4.19. The van der Waals surface area contributed by atoms with E-state index < -0.39 is 42.9 Å². The van der Waals surface area contributed by atoms with Gasteiger partial charge in [0.1, 0.15) is 0 Å². The molecule has 1 heterocycles. The summed E-state index contributed by atoms with van der Waals surface area (Å²) in [6.45, 7) is 14.5. The molecule has 3 aromatic rings. The molecule has 4 rings (SSSR count). The van der Waals surface area contributed by atoms with Gasteiger partial charge in [-0.3, -0.25) is 0 Å². The van der Waals surface area contributed by atoms with Crippen LogP contribution < -0.4 is 15.9 Å². The van der Waals surface area contributed by atoms with Crippen LogP contribution >= 0.6 is 7.92 Å².